The molecule has 5 nitrogen and oxygen atoms in total. The molecule has 2 aromatic heterocycles. The van der Waals surface area contributed by atoms with E-state index in [-0.39, 0.29) is 6.54 Å². The Bertz CT molecular complexity index is 996. The highest BCUT2D eigenvalue weighted by atomic mass is 32.2. The highest BCUT2D eigenvalue weighted by Gasteiger charge is 2.19. The molecule has 0 atom stereocenters. The summed E-state index contributed by atoms with van der Waals surface area (Å²) in [5.74, 6) is -1.98. The van der Waals surface area contributed by atoms with Gasteiger partial charge in [0.1, 0.15) is 16.5 Å². The van der Waals surface area contributed by atoms with Gasteiger partial charge in [0.15, 0.2) is 0 Å². The van der Waals surface area contributed by atoms with E-state index < -0.39 is 26.6 Å². The van der Waals surface area contributed by atoms with Crippen molar-refractivity contribution in [3.8, 4) is 11.3 Å². The highest BCUT2D eigenvalue weighted by Crippen LogP contribution is 2.18. The first-order chi connectivity index (χ1) is 12.0. The maximum Gasteiger partial charge on any atom is 0.243 e. The second kappa shape index (κ2) is 7.04. The third-order valence-corrected chi connectivity index (χ3v) is 4.87. The van der Waals surface area contributed by atoms with Gasteiger partial charge in [-0.1, -0.05) is 0 Å². The second-order valence-corrected chi connectivity index (χ2v) is 6.93. The Morgan fingerprint density at radius 2 is 1.88 bits per heavy atom. The van der Waals surface area contributed by atoms with Crippen LogP contribution in [0.15, 0.2) is 66.0 Å². The van der Waals surface area contributed by atoms with Crippen LogP contribution in [0.5, 0.6) is 0 Å². The van der Waals surface area contributed by atoms with Gasteiger partial charge in [0, 0.05) is 36.8 Å². The number of pyridine rings is 2. The fraction of sp³-hybridized carbons (Fsp3) is 0.0588. The molecule has 0 aliphatic heterocycles. The molecule has 0 saturated carbocycles. The van der Waals surface area contributed by atoms with Crippen LogP contribution in [0.1, 0.15) is 5.56 Å². The number of benzene rings is 1. The van der Waals surface area contributed by atoms with E-state index in [9.17, 15) is 17.2 Å². The van der Waals surface area contributed by atoms with Gasteiger partial charge in [-0.05, 0) is 42.0 Å². The maximum absolute atomic E-state index is 13.7. The summed E-state index contributed by atoms with van der Waals surface area (Å²) < 4.78 is 53.3. The molecule has 0 aliphatic rings. The molecule has 0 bridgehead atoms. The molecule has 0 aliphatic carbocycles. The lowest BCUT2D eigenvalue weighted by atomic mass is 10.1. The number of aromatic nitrogens is 2. The molecule has 128 valence electrons. The molecule has 1 aromatic carbocycles. The van der Waals surface area contributed by atoms with Crippen molar-refractivity contribution in [1.29, 1.82) is 0 Å². The quantitative estimate of drug-likeness (QED) is 0.758. The lowest BCUT2D eigenvalue weighted by Crippen LogP contribution is -2.24. The van der Waals surface area contributed by atoms with Crippen molar-refractivity contribution in [2.75, 3.05) is 0 Å². The minimum Gasteiger partial charge on any atom is -0.264 e. The van der Waals surface area contributed by atoms with E-state index in [0.29, 0.717) is 17.3 Å². The zero-order chi connectivity index (χ0) is 17.9. The van der Waals surface area contributed by atoms with Crippen LogP contribution in [-0.4, -0.2) is 18.4 Å². The molecule has 0 amide bonds. The van der Waals surface area contributed by atoms with Crippen LogP contribution in [0.25, 0.3) is 11.3 Å². The summed E-state index contributed by atoms with van der Waals surface area (Å²) in [6.45, 7) is -0.0606. The fourth-order valence-corrected chi connectivity index (χ4v) is 3.28. The molecular formula is C17H13F2N3O2S. The van der Waals surface area contributed by atoms with E-state index >= 15 is 0 Å². The average molecular weight is 361 g/mol. The van der Waals surface area contributed by atoms with Crippen molar-refractivity contribution in [3.05, 3.63) is 78.3 Å². The first-order valence-electron chi connectivity index (χ1n) is 7.26. The van der Waals surface area contributed by atoms with Crippen molar-refractivity contribution in [2.45, 2.75) is 11.4 Å². The monoisotopic (exact) mass is 361 g/mol. The highest BCUT2D eigenvalue weighted by molar-refractivity contribution is 7.89. The summed E-state index contributed by atoms with van der Waals surface area (Å²) >= 11 is 0. The van der Waals surface area contributed by atoms with E-state index in [1.54, 1.807) is 36.8 Å². The smallest absolute Gasteiger partial charge is 0.243 e. The molecule has 2 heterocycles. The van der Waals surface area contributed by atoms with Gasteiger partial charge >= 0.3 is 0 Å². The number of rotatable bonds is 5. The van der Waals surface area contributed by atoms with Crippen molar-refractivity contribution in [2.24, 2.45) is 0 Å². The molecule has 0 fully saturated rings. The zero-order valence-electron chi connectivity index (χ0n) is 12.9. The Morgan fingerprint density at radius 1 is 1.04 bits per heavy atom. The number of sulfonamides is 1. The molecule has 3 aromatic rings. The topological polar surface area (TPSA) is 72.0 Å². The van der Waals surface area contributed by atoms with Crippen molar-refractivity contribution in [1.82, 2.24) is 14.7 Å². The SMILES string of the molecule is O=S(=O)(NCc1ccnc(-c2cccnc2)c1)c1ccc(F)cc1F. The third-order valence-electron chi connectivity index (χ3n) is 3.43. The largest absolute Gasteiger partial charge is 0.264 e. The van der Waals surface area contributed by atoms with Gasteiger partial charge in [0.2, 0.25) is 10.0 Å². The molecule has 1 N–H and O–H groups in total. The van der Waals surface area contributed by atoms with Crippen LogP contribution < -0.4 is 4.72 Å². The van der Waals surface area contributed by atoms with Gasteiger partial charge < -0.3 is 0 Å². The van der Waals surface area contributed by atoms with E-state index in [2.05, 4.69) is 14.7 Å². The van der Waals surface area contributed by atoms with Crippen LogP contribution >= 0.6 is 0 Å². The first kappa shape index (κ1) is 17.1. The molecule has 0 saturated heterocycles. The Hall–Kier alpha value is -2.71. The van der Waals surface area contributed by atoms with Gasteiger partial charge in [-0.25, -0.2) is 21.9 Å². The summed E-state index contributed by atoms with van der Waals surface area (Å²) in [5.41, 5.74) is 2.06. The predicted octanol–water partition coefficient (Wildman–Crippen LogP) is 2.90. The van der Waals surface area contributed by atoms with Gasteiger partial charge in [-0.15, -0.1) is 0 Å². The number of hydrogen-bond acceptors (Lipinski definition) is 4. The number of nitrogens with one attached hydrogen (secondary N) is 1. The Balaban J connectivity index is 1.79. The summed E-state index contributed by atoms with van der Waals surface area (Å²) in [4.78, 5) is 7.62. The van der Waals surface area contributed by atoms with Crippen molar-refractivity contribution >= 4 is 10.0 Å². The molecule has 8 heteroatoms. The first-order valence-corrected chi connectivity index (χ1v) is 8.74. The van der Waals surface area contributed by atoms with Gasteiger partial charge in [0.05, 0.1) is 5.69 Å². The standard InChI is InChI=1S/C17H13F2N3O2S/c18-14-3-4-17(15(19)9-14)25(23,24)22-10-12-5-7-21-16(8-12)13-2-1-6-20-11-13/h1-9,11,22H,10H2. The van der Waals surface area contributed by atoms with E-state index in [1.165, 1.54) is 0 Å². The lowest BCUT2D eigenvalue weighted by molar-refractivity contribution is 0.543. The second-order valence-electron chi connectivity index (χ2n) is 5.19. The van der Waals surface area contributed by atoms with E-state index in [4.69, 9.17) is 0 Å². The van der Waals surface area contributed by atoms with Crippen LogP contribution in [0.4, 0.5) is 8.78 Å². The number of nitrogens with zero attached hydrogens (tertiary/aromatic N) is 2. The molecular weight excluding hydrogens is 348 g/mol. The predicted molar refractivity (Wildman–Crippen MR) is 87.9 cm³/mol. The van der Waals surface area contributed by atoms with Crippen molar-refractivity contribution < 1.29 is 17.2 Å². The minimum atomic E-state index is -4.11. The lowest BCUT2D eigenvalue weighted by Gasteiger charge is -2.09. The molecule has 25 heavy (non-hydrogen) atoms. The minimum absolute atomic E-state index is 0.0606. The van der Waals surface area contributed by atoms with Crippen LogP contribution in [-0.2, 0) is 16.6 Å². The molecule has 0 spiro atoms. The van der Waals surface area contributed by atoms with Crippen LogP contribution in [0, 0.1) is 11.6 Å². The maximum atomic E-state index is 13.7. The fourth-order valence-electron chi connectivity index (χ4n) is 2.21. The van der Waals surface area contributed by atoms with E-state index in [0.717, 1.165) is 17.7 Å². The Kier molecular flexibility index (Phi) is 4.82. The normalized spacial score (nSPS) is 11.4. The summed E-state index contributed by atoms with van der Waals surface area (Å²) in [6.07, 6.45) is 4.83. The zero-order valence-corrected chi connectivity index (χ0v) is 13.7. The van der Waals surface area contributed by atoms with Gasteiger partial charge in [0.25, 0.3) is 0 Å². The molecule has 0 unspecified atom stereocenters. The van der Waals surface area contributed by atoms with Crippen molar-refractivity contribution in [3.63, 3.8) is 0 Å². The summed E-state index contributed by atoms with van der Waals surface area (Å²) in [5, 5.41) is 0. The van der Waals surface area contributed by atoms with Crippen LogP contribution in [0.2, 0.25) is 0 Å². The average Bonchev–Trinajstić information content (AvgIpc) is 2.61. The van der Waals surface area contributed by atoms with Gasteiger partial charge in [-0.3, -0.25) is 9.97 Å². The number of halogens is 2. The molecule has 0 radical (unpaired) electrons. The Morgan fingerprint density at radius 3 is 2.60 bits per heavy atom. The van der Waals surface area contributed by atoms with Gasteiger partial charge in [-0.2, -0.15) is 0 Å². The van der Waals surface area contributed by atoms with E-state index in [1.807, 2.05) is 6.07 Å². The Labute approximate surface area is 143 Å². The summed E-state index contributed by atoms with van der Waals surface area (Å²) in [7, 11) is -4.11. The molecule has 3 rings (SSSR count). The van der Waals surface area contributed by atoms with Crippen LogP contribution in [0.3, 0.4) is 0 Å². The number of hydrogen-bond donors (Lipinski definition) is 1. The summed E-state index contributed by atoms with van der Waals surface area (Å²) in [6, 6.07) is 9.26. The third kappa shape index (κ3) is 4.04.